The molecule has 0 aromatic heterocycles. The van der Waals surface area contributed by atoms with Crippen molar-refractivity contribution in [1.29, 1.82) is 0 Å². The van der Waals surface area contributed by atoms with Gasteiger partial charge in [0.05, 0.1) is 0 Å². The molecule has 26 heavy (non-hydrogen) atoms. The number of nitrogens with one attached hydrogen (secondary N) is 1. The molecule has 0 unspecified atom stereocenters. The summed E-state index contributed by atoms with van der Waals surface area (Å²) in [6, 6.07) is 18.3. The Labute approximate surface area is 154 Å². The lowest BCUT2D eigenvalue weighted by Crippen LogP contribution is -2.58. The molecule has 2 aromatic rings. The first-order valence-corrected chi connectivity index (χ1v) is 8.90. The highest BCUT2D eigenvalue weighted by atomic mass is 16.2. The highest BCUT2D eigenvalue weighted by Crippen LogP contribution is 2.35. The number of amides is 2. The Bertz CT molecular complexity index is 764. The second kappa shape index (κ2) is 7.70. The van der Waals surface area contributed by atoms with Crippen molar-refractivity contribution in [3.63, 3.8) is 0 Å². The number of hydrogen-bond donors (Lipinski definition) is 2. The molecule has 0 spiro atoms. The summed E-state index contributed by atoms with van der Waals surface area (Å²) in [4.78, 5) is 26.3. The van der Waals surface area contributed by atoms with E-state index in [-0.39, 0.29) is 18.9 Å². The maximum atomic E-state index is 13.1. The molecule has 2 aromatic carbocycles. The molecule has 5 heteroatoms. The average molecular weight is 351 g/mol. The maximum Gasteiger partial charge on any atom is 0.241 e. The molecule has 3 N–H and O–H groups in total. The van der Waals surface area contributed by atoms with Crippen LogP contribution in [0.5, 0.6) is 0 Å². The van der Waals surface area contributed by atoms with Gasteiger partial charge in [0, 0.05) is 32.4 Å². The van der Waals surface area contributed by atoms with Gasteiger partial charge in [-0.25, -0.2) is 0 Å². The highest BCUT2D eigenvalue weighted by Gasteiger charge is 2.46. The highest BCUT2D eigenvalue weighted by molar-refractivity contribution is 5.88. The van der Waals surface area contributed by atoms with Crippen molar-refractivity contribution in [2.45, 2.75) is 31.3 Å². The quantitative estimate of drug-likeness (QED) is 0.796. The van der Waals surface area contributed by atoms with E-state index in [1.807, 2.05) is 37.4 Å². The van der Waals surface area contributed by atoms with Gasteiger partial charge in [0.2, 0.25) is 11.8 Å². The van der Waals surface area contributed by atoms with Crippen molar-refractivity contribution in [3.8, 4) is 0 Å². The van der Waals surface area contributed by atoms with Crippen molar-refractivity contribution in [3.05, 3.63) is 71.3 Å². The maximum absolute atomic E-state index is 13.1. The molecule has 2 amide bonds. The lowest BCUT2D eigenvalue weighted by Gasteiger charge is -2.37. The standard InChI is InChI=1S/C21H25N3O2/c1-24(15-16-7-3-2-4-8-16)21(20(26)23-12-11-19(22)25)13-17-9-5-6-10-18(17)14-21/h2-10H,11-15H2,1H3,(H2,22,25)(H,23,26). The topological polar surface area (TPSA) is 75.4 Å². The number of rotatable bonds is 7. The van der Waals surface area contributed by atoms with Crippen molar-refractivity contribution >= 4 is 11.8 Å². The van der Waals surface area contributed by atoms with E-state index in [0.717, 1.165) is 5.56 Å². The number of likely N-dealkylation sites (N-methyl/N-ethyl adjacent to an activating group) is 1. The SMILES string of the molecule is CN(Cc1ccccc1)C1(C(=O)NCCC(N)=O)Cc2ccccc2C1. The minimum atomic E-state index is -0.656. The third kappa shape index (κ3) is 3.78. The zero-order valence-electron chi connectivity index (χ0n) is 15.1. The van der Waals surface area contributed by atoms with E-state index in [1.54, 1.807) is 0 Å². The zero-order valence-corrected chi connectivity index (χ0v) is 15.1. The van der Waals surface area contributed by atoms with Crippen LogP contribution in [-0.2, 0) is 29.0 Å². The number of primary amides is 1. The molecule has 0 atom stereocenters. The third-order valence-corrected chi connectivity index (χ3v) is 5.16. The number of fused-ring (bicyclic) bond motifs is 1. The van der Waals surface area contributed by atoms with Crippen LogP contribution in [0.4, 0.5) is 0 Å². The van der Waals surface area contributed by atoms with Crippen LogP contribution in [0, 0.1) is 0 Å². The van der Waals surface area contributed by atoms with Gasteiger partial charge in [0.1, 0.15) is 5.54 Å². The van der Waals surface area contributed by atoms with Gasteiger partial charge in [-0.15, -0.1) is 0 Å². The van der Waals surface area contributed by atoms with E-state index in [2.05, 4.69) is 34.5 Å². The number of nitrogens with zero attached hydrogens (tertiary/aromatic N) is 1. The average Bonchev–Trinajstić information content (AvgIpc) is 3.03. The summed E-state index contributed by atoms with van der Waals surface area (Å²) in [5.74, 6) is -0.458. The molecule has 0 aliphatic heterocycles. The summed E-state index contributed by atoms with van der Waals surface area (Å²) in [6.07, 6.45) is 1.47. The number of benzene rings is 2. The van der Waals surface area contributed by atoms with Crippen molar-refractivity contribution in [2.75, 3.05) is 13.6 Å². The molecule has 0 fully saturated rings. The molecule has 0 radical (unpaired) electrons. The Morgan fingerprint density at radius 2 is 1.62 bits per heavy atom. The van der Waals surface area contributed by atoms with Crippen LogP contribution in [0.15, 0.2) is 54.6 Å². The molecule has 0 bridgehead atoms. The van der Waals surface area contributed by atoms with Crippen molar-refractivity contribution < 1.29 is 9.59 Å². The summed E-state index contributed by atoms with van der Waals surface area (Å²) < 4.78 is 0. The lowest BCUT2D eigenvalue weighted by molar-refractivity contribution is -0.132. The molecule has 0 heterocycles. The summed E-state index contributed by atoms with van der Waals surface area (Å²) in [5.41, 5.74) is 8.11. The van der Waals surface area contributed by atoms with Gasteiger partial charge in [-0.05, 0) is 23.7 Å². The molecule has 0 saturated heterocycles. The number of nitrogens with two attached hydrogens (primary N) is 1. The second-order valence-electron chi connectivity index (χ2n) is 6.97. The predicted molar refractivity (Wildman–Crippen MR) is 101 cm³/mol. The smallest absolute Gasteiger partial charge is 0.241 e. The first kappa shape index (κ1) is 18.1. The molecule has 136 valence electrons. The minimum Gasteiger partial charge on any atom is -0.370 e. The Kier molecular flexibility index (Phi) is 5.38. The Morgan fingerprint density at radius 3 is 2.19 bits per heavy atom. The van der Waals surface area contributed by atoms with Gasteiger partial charge < -0.3 is 11.1 Å². The first-order chi connectivity index (χ1) is 12.5. The van der Waals surface area contributed by atoms with Crippen LogP contribution in [0.3, 0.4) is 0 Å². The monoisotopic (exact) mass is 351 g/mol. The molecule has 1 aliphatic rings. The summed E-state index contributed by atoms with van der Waals surface area (Å²) in [6.45, 7) is 0.948. The van der Waals surface area contributed by atoms with Gasteiger partial charge in [0.25, 0.3) is 0 Å². The number of hydrogen-bond acceptors (Lipinski definition) is 3. The molecule has 3 rings (SSSR count). The van der Waals surface area contributed by atoms with Gasteiger partial charge in [-0.2, -0.15) is 0 Å². The molecule has 0 saturated carbocycles. The lowest BCUT2D eigenvalue weighted by atomic mass is 9.91. The predicted octanol–water partition coefficient (Wildman–Crippen LogP) is 1.65. The minimum absolute atomic E-state index is 0.0478. The summed E-state index contributed by atoms with van der Waals surface area (Å²) in [5, 5.41) is 2.92. The Morgan fingerprint density at radius 1 is 1.04 bits per heavy atom. The van der Waals surface area contributed by atoms with Crippen LogP contribution < -0.4 is 11.1 Å². The van der Waals surface area contributed by atoms with E-state index in [1.165, 1.54) is 11.1 Å². The normalized spacial score (nSPS) is 14.8. The van der Waals surface area contributed by atoms with E-state index >= 15 is 0 Å². The zero-order chi connectivity index (χ0) is 18.6. The van der Waals surface area contributed by atoms with E-state index in [4.69, 9.17) is 5.73 Å². The van der Waals surface area contributed by atoms with Crippen LogP contribution >= 0.6 is 0 Å². The first-order valence-electron chi connectivity index (χ1n) is 8.90. The van der Waals surface area contributed by atoms with Crippen molar-refractivity contribution in [2.24, 2.45) is 5.73 Å². The molecule has 5 nitrogen and oxygen atoms in total. The van der Waals surface area contributed by atoms with E-state index in [9.17, 15) is 9.59 Å². The summed E-state index contributed by atoms with van der Waals surface area (Å²) >= 11 is 0. The van der Waals surface area contributed by atoms with Crippen molar-refractivity contribution in [1.82, 2.24) is 10.2 Å². The Balaban J connectivity index is 1.82. The Hall–Kier alpha value is -2.66. The fourth-order valence-corrected chi connectivity index (χ4v) is 3.67. The molecule has 1 aliphatic carbocycles. The van der Waals surface area contributed by atoms with E-state index in [0.29, 0.717) is 19.4 Å². The van der Waals surface area contributed by atoms with Crippen LogP contribution in [0.1, 0.15) is 23.1 Å². The fraction of sp³-hybridized carbons (Fsp3) is 0.333. The number of carbonyl (C=O) groups excluding carboxylic acids is 2. The molecular formula is C21H25N3O2. The summed E-state index contributed by atoms with van der Waals surface area (Å²) in [7, 11) is 1.99. The van der Waals surface area contributed by atoms with Gasteiger partial charge >= 0.3 is 0 Å². The van der Waals surface area contributed by atoms with Gasteiger partial charge in [0.15, 0.2) is 0 Å². The van der Waals surface area contributed by atoms with Crippen LogP contribution in [0.2, 0.25) is 0 Å². The fourth-order valence-electron chi connectivity index (χ4n) is 3.67. The van der Waals surface area contributed by atoms with Gasteiger partial charge in [-0.1, -0.05) is 54.6 Å². The largest absolute Gasteiger partial charge is 0.370 e. The van der Waals surface area contributed by atoms with E-state index < -0.39 is 11.4 Å². The van der Waals surface area contributed by atoms with Crippen LogP contribution in [0.25, 0.3) is 0 Å². The number of carbonyl (C=O) groups is 2. The molecular weight excluding hydrogens is 326 g/mol. The van der Waals surface area contributed by atoms with Gasteiger partial charge in [-0.3, -0.25) is 14.5 Å². The third-order valence-electron chi connectivity index (χ3n) is 5.16. The second-order valence-corrected chi connectivity index (χ2v) is 6.97. The van der Waals surface area contributed by atoms with Crippen LogP contribution in [-0.4, -0.2) is 35.8 Å².